The fraction of sp³-hybridized carbons (Fsp3) is 0.583. The van der Waals surface area contributed by atoms with Crippen molar-refractivity contribution in [2.75, 3.05) is 0 Å². The highest BCUT2D eigenvalue weighted by Gasteiger charge is 2.23. The van der Waals surface area contributed by atoms with E-state index in [1.54, 1.807) is 0 Å². The van der Waals surface area contributed by atoms with Crippen LogP contribution in [-0.2, 0) is 9.59 Å². The molecule has 0 aliphatic rings. The van der Waals surface area contributed by atoms with Gasteiger partial charge in [0.2, 0.25) is 0 Å². The predicted octanol–water partition coefficient (Wildman–Crippen LogP) is 4.86. The van der Waals surface area contributed by atoms with Gasteiger partial charge < -0.3 is 15.9 Å². The van der Waals surface area contributed by atoms with Gasteiger partial charge >= 0.3 is 5.97 Å². The number of carbonyl (C=O) groups is 2. The Labute approximate surface area is 176 Å². The van der Waals surface area contributed by atoms with Gasteiger partial charge in [0.15, 0.2) is 5.78 Å². The maximum Gasteiger partial charge on any atom is 0.306 e. The first kappa shape index (κ1) is 27.0. The summed E-state index contributed by atoms with van der Waals surface area (Å²) >= 11 is 0. The van der Waals surface area contributed by atoms with Gasteiger partial charge in [-0.25, -0.2) is 0 Å². The molecule has 0 aromatic rings. The van der Waals surface area contributed by atoms with Crippen LogP contribution in [0.3, 0.4) is 0 Å². The summed E-state index contributed by atoms with van der Waals surface area (Å²) in [4.78, 5) is 22.3. The molecule has 5 heteroatoms. The lowest BCUT2D eigenvalue weighted by molar-refractivity contribution is -0.139. The molecule has 0 heterocycles. The van der Waals surface area contributed by atoms with Crippen molar-refractivity contribution in [1.29, 1.82) is 0 Å². The fourth-order valence-corrected chi connectivity index (χ4v) is 2.64. The minimum Gasteiger partial charge on any atom is -0.481 e. The second-order valence-electron chi connectivity index (χ2n) is 7.14. The zero-order chi connectivity index (χ0) is 21.7. The summed E-state index contributed by atoms with van der Waals surface area (Å²) in [6.45, 7) is 2.22. The molecule has 0 fully saturated rings. The van der Waals surface area contributed by atoms with Gasteiger partial charge in [0.25, 0.3) is 0 Å². The number of aliphatic carboxylic acids is 1. The molecule has 0 bridgehead atoms. The van der Waals surface area contributed by atoms with Crippen molar-refractivity contribution < 1.29 is 19.8 Å². The first-order chi connectivity index (χ1) is 14.0. The van der Waals surface area contributed by atoms with E-state index in [1.807, 2.05) is 6.08 Å². The largest absolute Gasteiger partial charge is 0.481 e. The minimum absolute atomic E-state index is 0.246. The Balaban J connectivity index is 3.69. The number of rotatable bonds is 18. The Morgan fingerprint density at radius 1 is 0.828 bits per heavy atom. The quantitative estimate of drug-likeness (QED) is 0.223. The van der Waals surface area contributed by atoms with Crippen LogP contribution in [0, 0.1) is 0 Å². The molecule has 0 saturated carbocycles. The van der Waals surface area contributed by atoms with E-state index in [0.29, 0.717) is 6.42 Å². The summed E-state index contributed by atoms with van der Waals surface area (Å²) < 4.78 is 0. The maximum atomic E-state index is 11.8. The lowest BCUT2D eigenvalue weighted by Crippen LogP contribution is -2.42. The molecule has 0 aromatic carbocycles. The molecule has 2 atom stereocenters. The third kappa shape index (κ3) is 17.8. The van der Waals surface area contributed by atoms with E-state index in [0.717, 1.165) is 25.7 Å². The number of carbonyl (C=O) groups excluding carboxylic acids is 1. The number of hydrogen-bond donors (Lipinski definition) is 3. The van der Waals surface area contributed by atoms with Crippen LogP contribution in [0.15, 0.2) is 48.6 Å². The van der Waals surface area contributed by atoms with Crippen molar-refractivity contribution in [1.82, 2.24) is 0 Å². The monoisotopic (exact) mass is 405 g/mol. The van der Waals surface area contributed by atoms with Crippen LogP contribution >= 0.6 is 0 Å². The van der Waals surface area contributed by atoms with E-state index in [1.165, 1.54) is 25.7 Å². The average Bonchev–Trinajstić information content (AvgIpc) is 2.69. The first-order valence-corrected chi connectivity index (χ1v) is 10.8. The SMILES string of the molecule is CCCCC/C=C\C/C=C\C/C=C\C/C=C\CCCC(=O)C(N)C(O)CC(=O)O. The summed E-state index contributed by atoms with van der Waals surface area (Å²) in [5.41, 5.74) is 5.58. The molecule has 0 radical (unpaired) electrons. The molecule has 0 amide bonds. The lowest BCUT2D eigenvalue weighted by atomic mass is 10.0. The fourth-order valence-electron chi connectivity index (χ4n) is 2.64. The highest BCUT2D eigenvalue weighted by Crippen LogP contribution is 2.06. The van der Waals surface area contributed by atoms with Crippen LogP contribution in [0.2, 0.25) is 0 Å². The standard InChI is InChI=1S/C24H39NO4/c1-2-3-4-5-6-7-8-9-10-11-12-13-14-15-16-17-18-19-21(26)24(25)22(27)20-23(28)29/h6-7,9-10,12-13,15-16,22,24,27H,2-5,8,11,14,17-20,25H2,1H3,(H,28,29)/b7-6-,10-9-,13-12-,16-15-. The van der Waals surface area contributed by atoms with E-state index < -0.39 is 24.5 Å². The van der Waals surface area contributed by atoms with E-state index in [-0.39, 0.29) is 12.2 Å². The molecular weight excluding hydrogens is 366 g/mol. The second kappa shape index (κ2) is 19.3. The van der Waals surface area contributed by atoms with Gasteiger partial charge in [-0.3, -0.25) is 9.59 Å². The molecule has 4 N–H and O–H groups in total. The van der Waals surface area contributed by atoms with Crippen molar-refractivity contribution in [3.63, 3.8) is 0 Å². The van der Waals surface area contributed by atoms with Gasteiger partial charge in [-0.1, -0.05) is 68.4 Å². The van der Waals surface area contributed by atoms with Crippen molar-refractivity contribution in [3.05, 3.63) is 48.6 Å². The average molecular weight is 406 g/mol. The molecule has 0 rings (SSSR count). The van der Waals surface area contributed by atoms with Crippen molar-refractivity contribution in [2.45, 2.75) is 89.7 Å². The summed E-state index contributed by atoms with van der Waals surface area (Å²) in [6, 6.07) is -1.12. The van der Waals surface area contributed by atoms with Crippen molar-refractivity contribution in [3.8, 4) is 0 Å². The van der Waals surface area contributed by atoms with Crippen LogP contribution < -0.4 is 5.73 Å². The van der Waals surface area contributed by atoms with Gasteiger partial charge in [0, 0.05) is 6.42 Å². The zero-order valence-corrected chi connectivity index (χ0v) is 17.8. The first-order valence-electron chi connectivity index (χ1n) is 10.8. The Morgan fingerprint density at radius 2 is 1.31 bits per heavy atom. The number of aliphatic hydroxyl groups excluding tert-OH is 1. The van der Waals surface area contributed by atoms with Gasteiger partial charge in [-0.2, -0.15) is 0 Å². The smallest absolute Gasteiger partial charge is 0.306 e. The van der Waals surface area contributed by atoms with Crippen LogP contribution in [0.25, 0.3) is 0 Å². The molecule has 0 aliphatic heterocycles. The van der Waals surface area contributed by atoms with Gasteiger partial charge in [0.05, 0.1) is 18.6 Å². The molecule has 0 aromatic heterocycles. The molecule has 5 nitrogen and oxygen atoms in total. The molecular formula is C24H39NO4. The second-order valence-corrected chi connectivity index (χ2v) is 7.14. The van der Waals surface area contributed by atoms with Gasteiger partial charge in [-0.15, -0.1) is 0 Å². The lowest BCUT2D eigenvalue weighted by Gasteiger charge is -2.15. The molecule has 164 valence electrons. The van der Waals surface area contributed by atoms with Crippen LogP contribution in [0.4, 0.5) is 0 Å². The van der Waals surface area contributed by atoms with Gasteiger partial charge in [-0.05, 0) is 44.9 Å². The zero-order valence-electron chi connectivity index (χ0n) is 17.8. The minimum atomic E-state index is -1.32. The Bertz CT molecular complexity index is 549. The van der Waals surface area contributed by atoms with Gasteiger partial charge in [0.1, 0.15) is 0 Å². The number of Topliss-reactive ketones (excluding diaryl/α,β-unsaturated/α-hetero) is 1. The number of carboxylic acid groups (broad SMARTS) is 1. The number of unbranched alkanes of at least 4 members (excludes halogenated alkanes) is 4. The number of aliphatic hydroxyl groups is 1. The van der Waals surface area contributed by atoms with E-state index >= 15 is 0 Å². The third-order valence-electron chi connectivity index (χ3n) is 4.42. The molecule has 29 heavy (non-hydrogen) atoms. The molecule has 2 unspecified atom stereocenters. The Morgan fingerprint density at radius 3 is 1.79 bits per heavy atom. The number of carboxylic acids is 1. The highest BCUT2D eigenvalue weighted by molar-refractivity contribution is 5.85. The molecule has 0 saturated heterocycles. The number of nitrogens with two attached hydrogens (primary N) is 1. The third-order valence-corrected chi connectivity index (χ3v) is 4.42. The Kier molecular flexibility index (Phi) is 18.0. The normalized spacial score (nSPS) is 14.4. The Hall–Kier alpha value is -1.98. The molecule has 0 spiro atoms. The summed E-state index contributed by atoms with van der Waals surface area (Å²) in [5, 5.41) is 18.1. The summed E-state index contributed by atoms with van der Waals surface area (Å²) in [7, 11) is 0. The topological polar surface area (TPSA) is 101 Å². The van der Waals surface area contributed by atoms with Crippen LogP contribution in [0.5, 0.6) is 0 Å². The van der Waals surface area contributed by atoms with Crippen LogP contribution in [-0.4, -0.2) is 34.1 Å². The highest BCUT2D eigenvalue weighted by atomic mass is 16.4. The van der Waals surface area contributed by atoms with E-state index in [4.69, 9.17) is 10.8 Å². The predicted molar refractivity (Wildman–Crippen MR) is 120 cm³/mol. The maximum absolute atomic E-state index is 11.8. The van der Waals surface area contributed by atoms with Crippen molar-refractivity contribution in [2.24, 2.45) is 5.73 Å². The number of hydrogen-bond acceptors (Lipinski definition) is 4. The molecule has 0 aliphatic carbocycles. The van der Waals surface area contributed by atoms with E-state index in [9.17, 15) is 14.7 Å². The van der Waals surface area contributed by atoms with Crippen molar-refractivity contribution >= 4 is 11.8 Å². The summed E-state index contributed by atoms with van der Waals surface area (Å²) in [6.07, 6.45) is 24.8. The van der Waals surface area contributed by atoms with E-state index in [2.05, 4.69) is 49.5 Å². The summed E-state index contributed by atoms with van der Waals surface area (Å²) in [5.74, 6) is -1.46. The number of ketones is 1. The van der Waals surface area contributed by atoms with Crippen LogP contribution in [0.1, 0.15) is 77.6 Å². The number of allylic oxidation sites excluding steroid dienone is 8.